The van der Waals surface area contributed by atoms with Gasteiger partial charge >= 0.3 is 0 Å². The van der Waals surface area contributed by atoms with Crippen LogP contribution >= 0.6 is 0 Å². The van der Waals surface area contributed by atoms with Gasteiger partial charge in [0.25, 0.3) is 0 Å². The fourth-order valence-electron chi connectivity index (χ4n) is 0.832. The first-order valence-corrected chi connectivity index (χ1v) is 3.14. The van der Waals surface area contributed by atoms with E-state index >= 15 is 0 Å². The van der Waals surface area contributed by atoms with Gasteiger partial charge in [-0.1, -0.05) is 6.92 Å². The van der Waals surface area contributed by atoms with E-state index in [0.717, 1.165) is 6.54 Å². The fraction of sp³-hybridized carbons (Fsp3) is 0.833. The molecule has 1 aliphatic rings. The minimum absolute atomic E-state index is 0.183. The van der Waals surface area contributed by atoms with E-state index in [2.05, 4.69) is 0 Å². The van der Waals surface area contributed by atoms with Gasteiger partial charge in [-0.3, -0.25) is 9.69 Å². The van der Waals surface area contributed by atoms with Crippen LogP contribution in [0.2, 0.25) is 0 Å². The minimum Gasteiger partial charge on any atom is -0.358 e. The third-order valence-corrected chi connectivity index (χ3v) is 1.38. The van der Waals surface area contributed by atoms with E-state index in [9.17, 15) is 4.79 Å². The predicted octanol–water partition coefficient (Wildman–Crippen LogP) is -0.135. The third kappa shape index (κ3) is 1.77. The molecule has 0 spiro atoms. The molecule has 0 N–H and O–H groups in total. The number of carbonyl (C=O) groups excluding carboxylic acids is 1. The molecule has 0 aromatic rings. The van der Waals surface area contributed by atoms with E-state index in [0.29, 0.717) is 19.9 Å². The van der Waals surface area contributed by atoms with E-state index in [1.165, 1.54) is 0 Å². The van der Waals surface area contributed by atoms with Gasteiger partial charge < -0.3 is 4.74 Å². The molecule has 0 aromatic heterocycles. The Bertz CT molecular complexity index is 114. The van der Waals surface area contributed by atoms with Crippen LogP contribution in [0.1, 0.15) is 6.92 Å². The number of Topliss-reactive ketones (excluding diaryl/α,β-unsaturated/α-hetero) is 1. The molecule has 1 saturated heterocycles. The third-order valence-electron chi connectivity index (χ3n) is 1.38. The molecule has 0 amide bonds. The first-order chi connectivity index (χ1) is 4.33. The van der Waals surface area contributed by atoms with Gasteiger partial charge in [0, 0.05) is 0 Å². The van der Waals surface area contributed by atoms with Crippen LogP contribution in [0.3, 0.4) is 0 Å². The Morgan fingerprint density at radius 3 is 3.00 bits per heavy atom. The SMILES string of the molecule is CCN1COCC(=O)C1. The van der Waals surface area contributed by atoms with E-state index in [-0.39, 0.29) is 5.78 Å². The Balaban J connectivity index is 2.32. The summed E-state index contributed by atoms with van der Waals surface area (Å²) in [5.41, 5.74) is 0. The van der Waals surface area contributed by atoms with Crippen molar-refractivity contribution < 1.29 is 9.53 Å². The number of likely N-dealkylation sites (N-methyl/N-ethyl adjacent to an activating group) is 1. The summed E-state index contributed by atoms with van der Waals surface area (Å²) in [6.45, 7) is 4.39. The Kier molecular flexibility index (Phi) is 2.19. The number of ketones is 1. The molecule has 1 heterocycles. The summed E-state index contributed by atoms with van der Waals surface area (Å²) in [4.78, 5) is 12.6. The van der Waals surface area contributed by atoms with Crippen molar-refractivity contribution in [3.63, 3.8) is 0 Å². The van der Waals surface area contributed by atoms with E-state index < -0.39 is 0 Å². The van der Waals surface area contributed by atoms with Crippen LogP contribution in [0.4, 0.5) is 0 Å². The Hall–Kier alpha value is -0.410. The van der Waals surface area contributed by atoms with Crippen LogP contribution < -0.4 is 0 Å². The summed E-state index contributed by atoms with van der Waals surface area (Å²) in [5, 5.41) is 0. The molecule has 3 heteroatoms. The van der Waals surface area contributed by atoms with Crippen molar-refractivity contribution in [2.75, 3.05) is 26.4 Å². The van der Waals surface area contributed by atoms with Crippen LogP contribution in [-0.2, 0) is 9.53 Å². The second-order valence-corrected chi connectivity index (χ2v) is 2.16. The molecule has 0 bridgehead atoms. The fourth-order valence-corrected chi connectivity index (χ4v) is 0.832. The standard InChI is InChI=1S/C6H11NO2/c1-2-7-3-6(8)4-9-5-7/h2-5H2,1H3. The molecule has 1 aliphatic heterocycles. The van der Waals surface area contributed by atoms with Crippen molar-refractivity contribution in [2.45, 2.75) is 6.92 Å². The van der Waals surface area contributed by atoms with Crippen LogP contribution in [0, 0.1) is 0 Å². The summed E-state index contributed by atoms with van der Waals surface area (Å²) in [7, 11) is 0. The molecule has 0 radical (unpaired) electrons. The number of ether oxygens (including phenoxy) is 1. The summed E-state index contributed by atoms with van der Waals surface area (Å²) in [5.74, 6) is 0.183. The highest BCUT2D eigenvalue weighted by atomic mass is 16.5. The molecule has 0 saturated carbocycles. The minimum atomic E-state index is 0.183. The number of hydrogen-bond donors (Lipinski definition) is 0. The van der Waals surface area contributed by atoms with Gasteiger partial charge in [-0.15, -0.1) is 0 Å². The van der Waals surface area contributed by atoms with Gasteiger partial charge in [0.05, 0.1) is 13.3 Å². The lowest BCUT2D eigenvalue weighted by molar-refractivity contribution is -0.134. The van der Waals surface area contributed by atoms with Crippen molar-refractivity contribution >= 4 is 5.78 Å². The van der Waals surface area contributed by atoms with E-state index in [1.54, 1.807) is 0 Å². The Morgan fingerprint density at radius 1 is 1.78 bits per heavy atom. The van der Waals surface area contributed by atoms with Crippen molar-refractivity contribution in [1.82, 2.24) is 4.90 Å². The molecule has 52 valence electrons. The highest BCUT2D eigenvalue weighted by molar-refractivity contribution is 5.82. The molecule has 0 atom stereocenters. The maximum atomic E-state index is 10.7. The quantitative estimate of drug-likeness (QED) is 0.493. The zero-order valence-electron chi connectivity index (χ0n) is 5.59. The molecule has 3 nitrogen and oxygen atoms in total. The second kappa shape index (κ2) is 2.94. The predicted molar refractivity (Wildman–Crippen MR) is 33.1 cm³/mol. The maximum Gasteiger partial charge on any atom is 0.172 e. The Labute approximate surface area is 54.6 Å². The summed E-state index contributed by atoms with van der Waals surface area (Å²) in [6, 6.07) is 0. The lowest BCUT2D eigenvalue weighted by Crippen LogP contribution is -2.39. The van der Waals surface area contributed by atoms with Crippen LogP contribution in [0.5, 0.6) is 0 Å². The molecule has 1 fully saturated rings. The van der Waals surface area contributed by atoms with Crippen molar-refractivity contribution in [2.24, 2.45) is 0 Å². The largest absolute Gasteiger partial charge is 0.358 e. The maximum absolute atomic E-state index is 10.7. The zero-order valence-corrected chi connectivity index (χ0v) is 5.59. The number of nitrogens with zero attached hydrogens (tertiary/aromatic N) is 1. The highest BCUT2D eigenvalue weighted by Crippen LogP contribution is 1.95. The average molecular weight is 129 g/mol. The summed E-state index contributed by atoms with van der Waals surface area (Å²) >= 11 is 0. The van der Waals surface area contributed by atoms with Crippen molar-refractivity contribution in [3.8, 4) is 0 Å². The lowest BCUT2D eigenvalue weighted by atomic mass is 10.3. The summed E-state index contributed by atoms with van der Waals surface area (Å²) in [6.07, 6.45) is 0. The van der Waals surface area contributed by atoms with Gasteiger partial charge in [0.15, 0.2) is 5.78 Å². The van der Waals surface area contributed by atoms with Crippen molar-refractivity contribution in [3.05, 3.63) is 0 Å². The number of carbonyl (C=O) groups is 1. The first kappa shape index (κ1) is 6.71. The molecule has 0 aromatic carbocycles. The van der Waals surface area contributed by atoms with Crippen LogP contribution in [0.15, 0.2) is 0 Å². The van der Waals surface area contributed by atoms with Gasteiger partial charge in [-0.05, 0) is 6.54 Å². The van der Waals surface area contributed by atoms with Gasteiger partial charge in [-0.2, -0.15) is 0 Å². The van der Waals surface area contributed by atoms with Gasteiger partial charge in [0.2, 0.25) is 0 Å². The molecular formula is C6H11NO2. The van der Waals surface area contributed by atoms with Crippen LogP contribution in [-0.4, -0.2) is 37.1 Å². The molecule has 9 heavy (non-hydrogen) atoms. The zero-order chi connectivity index (χ0) is 6.69. The first-order valence-electron chi connectivity index (χ1n) is 3.14. The second-order valence-electron chi connectivity index (χ2n) is 2.16. The smallest absolute Gasteiger partial charge is 0.172 e. The lowest BCUT2D eigenvalue weighted by Gasteiger charge is -2.23. The Morgan fingerprint density at radius 2 is 2.56 bits per heavy atom. The molecule has 0 aliphatic carbocycles. The highest BCUT2D eigenvalue weighted by Gasteiger charge is 2.14. The van der Waals surface area contributed by atoms with Crippen molar-refractivity contribution in [1.29, 1.82) is 0 Å². The number of rotatable bonds is 1. The van der Waals surface area contributed by atoms with E-state index in [1.807, 2.05) is 11.8 Å². The van der Waals surface area contributed by atoms with Gasteiger partial charge in [0.1, 0.15) is 6.61 Å². The van der Waals surface area contributed by atoms with E-state index in [4.69, 9.17) is 4.74 Å². The number of hydrogen-bond acceptors (Lipinski definition) is 3. The topological polar surface area (TPSA) is 29.5 Å². The molecular weight excluding hydrogens is 118 g/mol. The summed E-state index contributed by atoms with van der Waals surface area (Å²) < 4.78 is 4.96. The average Bonchev–Trinajstić information content (AvgIpc) is 1.88. The molecule has 0 unspecified atom stereocenters. The van der Waals surface area contributed by atoms with Gasteiger partial charge in [-0.25, -0.2) is 0 Å². The van der Waals surface area contributed by atoms with Crippen LogP contribution in [0.25, 0.3) is 0 Å². The normalized spacial score (nSPS) is 22.6. The monoisotopic (exact) mass is 129 g/mol. The molecule has 1 rings (SSSR count).